The van der Waals surface area contributed by atoms with Gasteiger partial charge in [-0.15, -0.1) is 0 Å². The van der Waals surface area contributed by atoms with Crippen molar-refractivity contribution in [1.82, 2.24) is 5.32 Å². The molecule has 21 heavy (non-hydrogen) atoms. The first kappa shape index (κ1) is 14.0. The maximum absolute atomic E-state index is 6.53. The first-order valence-corrected chi connectivity index (χ1v) is 8.72. The number of benzene rings is 1. The fraction of sp³-hybridized carbons (Fsp3) is 0.667. The van der Waals surface area contributed by atoms with Gasteiger partial charge in [0.05, 0.1) is 11.7 Å². The molecule has 1 saturated carbocycles. The van der Waals surface area contributed by atoms with Crippen molar-refractivity contribution in [3.8, 4) is 0 Å². The van der Waals surface area contributed by atoms with Gasteiger partial charge in [-0.1, -0.05) is 36.6 Å². The summed E-state index contributed by atoms with van der Waals surface area (Å²) < 4.78 is 6.53. The molecule has 1 unspecified atom stereocenters. The molecule has 3 fully saturated rings. The Morgan fingerprint density at radius 2 is 2.00 bits per heavy atom. The van der Waals surface area contributed by atoms with Crippen LogP contribution in [0.2, 0.25) is 5.02 Å². The fourth-order valence-electron chi connectivity index (χ4n) is 4.57. The predicted octanol–water partition coefficient (Wildman–Crippen LogP) is 4.06. The monoisotopic (exact) mass is 305 g/mol. The molecule has 2 saturated heterocycles. The molecular weight excluding hydrogens is 282 g/mol. The topological polar surface area (TPSA) is 21.3 Å². The van der Waals surface area contributed by atoms with Crippen molar-refractivity contribution in [1.29, 1.82) is 0 Å². The van der Waals surface area contributed by atoms with Crippen molar-refractivity contribution in [2.24, 2.45) is 0 Å². The molecule has 1 N–H and O–H groups in total. The van der Waals surface area contributed by atoms with E-state index in [0.717, 1.165) is 24.5 Å². The van der Waals surface area contributed by atoms with Crippen molar-refractivity contribution in [2.75, 3.05) is 13.1 Å². The first-order valence-electron chi connectivity index (χ1n) is 8.35. The molecule has 0 aromatic heterocycles. The highest BCUT2D eigenvalue weighted by molar-refractivity contribution is 6.30. The van der Waals surface area contributed by atoms with Crippen LogP contribution < -0.4 is 5.32 Å². The summed E-state index contributed by atoms with van der Waals surface area (Å²) in [6.45, 7) is 2.11. The summed E-state index contributed by atoms with van der Waals surface area (Å²) in [5.74, 6) is 0. The van der Waals surface area contributed by atoms with E-state index in [1.807, 2.05) is 6.07 Å². The summed E-state index contributed by atoms with van der Waals surface area (Å²) >= 11 is 6.20. The van der Waals surface area contributed by atoms with Crippen LogP contribution in [0.25, 0.3) is 0 Å². The van der Waals surface area contributed by atoms with Crippen LogP contribution in [0.1, 0.15) is 50.5 Å². The van der Waals surface area contributed by atoms with Gasteiger partial charge in [-0.2, -0.15) is 0 Å². The van der Waals surface area contributed by atoms with Gasteiger partial charge in [0.1, 0.15) is 0 Å². The minimum absolute atomic E-state index is 0.236. The number of nitrogens with one attached hydrogen (secondary N) is 1. The molecule has 0 amide bonds. The number of hydrogen-bond donors (Lipinski definition) is 1. The molecule has 2 heterocycles. The molecule has 1 aliphatic carbocycles. The zero-order valence-electron chi connectivity index (χ0n) is 12.5. The van der Waals surface area contributed by atoms with E-state index in [4.69, 9.17) is 16.3 Å². The minimum atomic E-state index is 0.236. The molecule has 1 atom stereocenters. The normalized spacial score (nSPS) is 29.7. The highest BCUT2D eigenvalue weighted by Crippen LogP contribution is 2.46. The van der Waals surface area contributed by atoms with Crippen LogP contribution in [0.5, 0.6) is 0 Å². The lowest BCUT2D eigenvalue weighted by Crippen LogP contribution is -2.58. The molecule has 1 aromatic rings. The van der Waals surface area contributed by atoms with Crippen LogP contribution in [0.4, 0.5) is 0 Å². The Kier molecular flexibility index (Phi) is 3.52. The number of rotatable bonds is 3. The van der Waals surface area contributed by atoms with Gasteiger partial charge in [-0.3, -0.25) is 0 Å². The van der Waals surface area contributed by atoms with E-state index >= 15 is 0 Å². The molecular formula is C18H24ClNO. The Morgan fingerprint density at radius 3 is 2.67 bits per heavy atom. The second kappa shape index (κ2) is 5.26. The molecule has 2 nitrogen and oxygen atoms in total. The summed E-state index contributed by atoms with van der Waals surface area (Å²) in [7, 11) is 0. The van der Waals surface area contributed by atoms with E-state index in [9.17, 15) is 0 Å². The summed E-state index contributed by atoms with van der Waals surface area (Å²) in [6, 6.07) is 8.41. The highest BCUT2D eigenvalue weighted by Gasteiger charge is 2.47. The van der Waals surface area contributed by atoms with E-state index in [1.165, 1.54) is 44.1 Å². The van der Waals surface area contributed by atoms with E-state index in [0.29, 0.717) is 6.10 Å². The van der Waals surface area contributed by atoms with E-state index in [1.54, 1.807) is 0 Å². The lowest BCUT2D eigenvalue weighted by atomic mass is 9.71. The van der Waals surface area contributed by atoms with Gasteiger partial charge in [0.15, 0.2) is 0 Å². The summed E-state index contributed by atoms with van der Waals surface area (Å²) in [5.41, 5.74) is 1.86. The molecule has 0 bridgehead atoms. The highest BCUT2D eigenvalue weighted by atomic mass is 35.5. The maximum Gasteiger partial charge on any atom is 0.0687 e. The fourth-order valence-corrected chi connectivity index (χ4v) is 4.76. The smallest absolute Gasteiger partial charge is 0.0687 e. The van der Waals surface area contributed by atoms with Gasteiger partial charge in [0.2, 0.25) is 0 Å². The molecule has 3 heteroatoms. The number of halogens is 1. The SMILES string of the molecule is Clc1cccc(C2(CC3CCC4(CCCC4)O3)CNC2)c1. The summed E-state index contributed by atoms with van der Waals surface area (Å²) in [5, 5.41) is 4.30. The average molecular weight is 306 g/mol. The van der Waals surface area contributed by atoms with Crippen LogP contribution in [-0.2, 0) is 10.2 Å². The van der Waals surface area contributed by atoms with Crippen molar-refractivity contribution in [3.63, 3.8) is 0 Å². The number of hydrogen-bond acceptors (Lipinski definition) is 2. The van der Waals surface area contributed by atoms with Crippen molar-refractivity contribution in [3.05, 3.63) is 34.9 Å². The summed E-state index contributed by atoms with van der Waals surface area (Å²) in [6.07, 6.45) is 9.37. The Hall–Kier alpha value is -0.570. The predicted molar refractivity (Wildman–Crippen MR) is 85.9 cm³/mol. The largest absolute Gasteiger partial charge is 0.372 e. The summed E-state index contributed by atoms with van der Waals surface area (Å²) in [4.78, 5) is 0. The maximum atomic E-state index is 6.53. The van der Waals surface area contributed by atoms with Crippen LogP contribution in [0.3, 0.4) is 0 Å². The third-order valence-corrected chi connectivity index (χ3v) is 6.07. The van der Waals surface area contributed by atoms with Gasteiger partial charge >= 0.3 is 0 Å². The lowest BCUT2D eigenvalue weighted by molar-refractivity contribution is -0.0501. The van der Waals surface area contributed by atoms with Crippen molar-refractivity contribution in [2.45, 2.75) is 62.1 Å². The van der Waals surface area contributed by atoms with Crippen LogP contribution in [0.15, 0.2) is 24.3 Å². The zero-order chi connectivity index (χ0) is 14.3. The second-order valence-electron chi connectivity index (χ2n) is 7.27. The average Bonchev–Trinajstić information content (AvgIpc) is 3.05. The van der Waals surface area contributed by atoms with Crippen LogP contribution >= 0.6 is 11.6 Å². The Labute approximate surface area is 132 Å². The van der Waals surface area contributed by atoms with Crippen LogP contribution in [-0.4, -0.2) is 24.8 Å². The van der Waals surface area contributed by atoms with Crippen molar-refractivity contribution < 1.29 is 4.74 Å². The third kappa shape index (κ3) is 2.52. The van der Waals surface area contributed by atoms with E-state index in [-0.39, 0.29) is 11.0 Å². The van der Waals surface area contributed by atoms with E-state index in [2.05, 4.69) is 23.5 Å². The molecule has 3 aliphatic rings. The lowest BCUT2D eigenvalue weighted by Gasteiger charge is -2.45. The molecule has 114 valence electrons. The van der Waals surface area contributed by atoms with Gasteiger partial charge in [-0.05, 0) is 49.8 Å². The number of ether oxygens (including phenoxy) is 1. The molecule has 2 aliphatic heterocycles. The zero-order valence-corrected chi connectivity index (χ0v) is 13.3. The Morgan fingerprint density at radius 1 is 1.19 bits per heavy atom. The standard InChI is InChI=1S/C18H24ClNO/c19-15-5-3-4-14(10-15)17(12-20-13-17)11-16-6-9-18(21-16)7-1-2-8-18/h3-5,10,16,20H,1-2,6-9,11-13H2. The first-order chi connectivity index (χ1) is 10.2. The van der Waals surface area contributed by atoms with Crippen molar-refractivity contribution >= 4 is 11.6 Å². The van der Waals surface area contributed by atoms with Gasteiger partial charge in [0.25, 0.3) is 0 Å². The third-order valence-electron chi connectivity index (χ3n) is 5.84. The molecule has 1 spiro atoms. The molecule has 1 aromatic carbocycles. The van der Waals surface area contributed by atoms with Gasteiger partial charge in [0, 0.05) is 23.5 Å². The van der Waals surface area contributed by atoms with Gasteiger partial charge in [-0.25, -0.2) is 0 Å². The Bertz CT molecular complexity index is 520. The molecule has 4 rings (SSSR count). The van der Waals surface area contributed by atoms with E-state index < -0.39 is 0 Å². The molecule has 0 radical (unpaired) electrons. The minimum Gasteiger partial charge on any atom is -0.372 e. The Balaban J connectivity index is 1.50. The quantitative estimate of drug-likeness (QED) is 0.909. The van der Waals surface area contributed by atoms with Crippen LogP contribution in [0, 0.1) is 0 Å². The van der Waals surface area contributed by atoms with Gasteiger partial charge < -0.3 is 10.1 Å². The second-order valence-corrected chi connectivity index (χ2v) is 7.70.